The van der Waals surface area contributed by atoms with E-state index in [2.05, 4.69) is 5.10 Å². The summed E-state index contributed by atoms with van der Waals surface area (Å²) >= 11 is 0. The number of aryl methyl sites for hydroxylation is 2. The van der Waals surface area contributed by atoms with Crippen LogP contribution in [-0.4, -0.2) is 39.9 Å². The minimum Gasteiger partial charge on any atom is -0.376 e. The Morgan fingerprint density at radius 3 is 2.07 bits per heavy atom. The van der Waals surface area contributed by atoms with Gasteiger partial charge in [-0.05, 0) is 19.9 Å². The minimum absolute atomic E-state index is 0.538. The van der Waals surface area contributed by atoms with Gasteiger partial charge >= 0.3 is 8.80 Å². The van der Waals surface area contributed by atoms with Crippen molar-refractivity contribution in [3.05, 3.63) is 17.5 Å². The summed E-state index contributed by atoms with van der Waals surface area (Å²) in [6.45, 7) is 3.96. The van der Waals surface area contributed by atoms with E-state index in [1.54, 1.807) is 21.3 Å². The maximum Gasteiger partial charge on any atom is 0.522 e. The van der Waals surface area contributed by atoms with Crippen LogP contribution in [0.2, 0.25) is 0 Å². The Labute approximate surface area is 91.3 Å². The van der Waals surface area contributed by atoms with E-state index in [1.807, 2.05) is 24.6 Å². The number of hydrogen-bond donors (Lipinski definition) is 0. The Morgan fingerprint density at radius 2 is 1.73 bits per heavy atom. The molecule has 0 aliphatic heterocycles. The fraction of sp³-hybridized carbons (Fsp3) is 0.667. The predicted octanol–water partition coefficient (Wildman–Crippen LogP) is 0.917. The molecule has 0 atom stereocenters. The van der Waals surface area contributed by atoms with E-state index in [4.69, 9.17) is 13.3 Å². The van der Waals surface area contributed by atoms with Gasteiger partial charge in [0.05, 0.1) is 5.69 Å². The van der Waals surface area contributed by atoms with Gasteiger partial charge in [0, 0.05) is 27.0 Å². The summed E-state index contributed by atoms with van der Waals surface area (Å²) in [5, 5.41) is 4.35. The summed E-state index contributed by atoms with van der Waals surface area (Å²) in [4.78, 5) is 0. The molecule has 0 spiro atoms. The van der Waals surface area contributed by atoms with Gasteiger partial charge in [0.1, 0.15) is 6.17 Å². The standard InChI is InChI=1S/C9H18N2O3Si/c1-8-6-9(2)11(10-8)7-15(12-3,13-4)14-5/h6H,7H2,1-5H3. The molecule has 1 rings (SSSR count). The highest BCUT2D eigenvalue weighted by molar-refractivity contribution is 6.59. The molecule has 6 heteroatoms. The third-order valence-electron chi connectivity index (χ3n) is 2.38. The first-order valence-corrected chi connectivity index (χ1v) is 6.66. The van der Waals surface area contributed by atoms with E-state index in [0.29, 0.717) is 6.17 Å². The van der Waals surface area contributed by atoms with Crippen LogP contribution < -0.4 is 0 Å². The smallest absolute Gasteiger partial charge is 0.376 e. The minimum atomic E-state index is -2.58. The van der Waals surface area contributed by atoms with Crippen LogP contribution in [0.3, 0.4) is 0 Å². The Balaban J connectivity index is 2.87. The van der Waals surface area contributed by atoms with Crippen molar-refractivity contribution < 1.29 is 13.3 Å². The van der Waals surface area contributed by atoms with Crippen LogP contribution in [0.25, 0.3) is 0 Å². The number of nitrogens with zero attached hydrogens (tertiary/aromatic N) is 2. The van der Waals surface area contributed by atoms with Gasteiger partial charge < -0.3 is 13.3 Å². The first kappa shape index (κ1) is 12.4. The highest BCUT2D eigenvalue weighted by atomic mass is 28.4. The van der Waals surface area contributed by atoms with Crippen molar-refractivity contribution in [2.75, 3.05) is 21.3 Å². The average Bonchev–Trinajstić information content (AvgIpc) is 2.54. The van der Waals surface area contributed by atoms with Crippen molar-refractivity contribution in [2.24, 2.45) is 0 Å². The van der Waals surface area contributed by atoms with Crippen molar-refractivity contribution in [2.45, 2.75) is 20.0 Å². The molecule has 0 aromatic carbocycles. The maximum atomic E-state index is 5.34. The molecular weight excluding hydrogens is 212 g/mol. The topological polar surface area (TPSA) is 45.5 Å². The molecule has 0 fully saturated rings. The summed E-state index contributed by atoms with van der Waals surface area (Å²) < 4.78 is 17.9. The lowest BCUT2D eigenvalue weighted by molar-refractivity contribution is 0.114. The van der Waals surface area contributed by atoms with E-state index < -0.39 is 8.80 Å². The molecule has 5 nitrogen and oxygen atoms in total. The van der Waals surface area contributed by atoms with Crippen LogP contribution in [-0.2, 0) is 19.4 Å². The first-order valence-electron chi connectivity index (χ1n) is 4.73. The van der Waals surface area contributed by atoms with Gasteiger partial charge in [-0.3, -0.25) is 4.68 Å². The quantitative estimate of drug-likeness (QED) is 0.706. The Hall–Kier alpha value is -0.693. The second-order valence-corrected chi connectivity index (χ2v) is 6.29. The second-order valence-electron chi connectivity index (χ2n) is 3.38. The lowest BCUT2D eigenvalue weighted by atomic mass is 10.4. The molecule has 0 saturated heterocycles. The predicted molar refractivity (Wildman–Crippen MR) is 58.5 cm³/mol. The van der Waals surface area contributed by atoms with Gasteiger partial charge in [-0.25, -0.2) is 0 Å². The Bertz CT molecular complexity index is 315. The van der Waals surface area contributed by atoms with Crippen LogP contribution in [0.15, 0.2) is 6.07 Å². The van der Waals surface area contributed by atoms with Crippen molar-refractivity contribution in [3.8, 4) is 0 Å². The molecule has 0 N–H and O–H groups in total. The van der Waals surface area contributed by atoms with E-state index in [9.17, 15) is 0 Å². The fourth-order valence-electron chi connectivity index (χ4n) is 1.46. The molecule has 1 aromatic rings. The summed E-state index contributed by atoms with van der Waals surface area (Å²) in [7, 11) is 2.23. The molecule has 15 heavy (non-hydrogen) atoms. The monoisotopic (exact) mass is 230 g/mol. The van der Waals surface area contributed by atoms with Crippen LogP contribution >= 0.6 is 0 Å². The van der Waals surface area contributed by atoms with Gasteiger partial charge in [-0.2, -0.15) is 5.10 Å². The molecule has 1 aromatic heterocycles. The molecule has 0 aliphatic carbocycles. The molecule has 1 heterocycles. The fourth-order valence-corrected chi connectivity index (χ4v) is 3.04. The average molecular weight is 230 g/mol. The third-order valence-corrected chi connectivity index (χ3v) is 4.93. The summed E-state index contributed by atoms with van der Waals surface area (Å²) in [5.41, 5.74) is 2.06. The largest absolute Gasteiger partial charge is 0.522 e. The van der Waals surface area contributed by atoms with Crippen LogP contribution in [0.5, 0.6) is 0 Å². The van der Waals surface area contributed by atoms with E-state index >= 15 is 0 Å². The molecule has 0 unspecified atom stereocenters. The maximum absolute atomic E-state index is 5.34. The summed E-state index contributed by atoms with van der Waals surface area (Å²) in [6, 6.07) is 2.01. The van der Waals surface area contributed by atoms with Gasteiger partial charge in [-0.15, -0.1) is 0 Å². The highest BCUT2D eigenvalue weighted by Crippen LogP contribution is 2.11. The van der Waals surface area contributed by atoms with Gasteiger partial charge in [0.2, 0.25) is 0 Å². The zero-order chi connectivity index (χ0) is 11.5. The zero-order valence-electron chi connectivity index (χ0n) is 9.90. The lowest BCUT2D eigenvalue weighted by Gasteiger charge is -2.24. The van der Waals surface area contributed by atoms with Gasteiger partial charge in [0.15, 0.2) is 0 Å². The SMILES string of the molecule is CO[Si](Cn1nc(C)cc1C)(OC)OC. The van der Waals surface area contributed by atoms with E-state index in [0.717, 1.165) is 11.4 Å². The second kappa shape index (κ2) is 4.89. The molecule has 0 amide bonds. The zero-order valence-corrected chi connectivity index (χ0v) is 10.9. The number of aromatic nitrogens is 2. The van der Waals surface area contributed by atoms with Crippen LogP contribution in [0.4, 0.5) is 0 Å². The van der Waals surface area contributed by atoms with Crippen LogP contribution in [0.1, 0.15) is 11.4 Å². The normalized spacial score (nSPS) is 12.1. The van der Waals surface area contributed by atoms with Gasteiger partial charge in [-0.1, -0.05) is 0 Å². The molecule has 86 valence electrons. The van der Waals surface area contributed by atoms with E-state index in [1.165, 1.54) is 0 Å². The summed E-state index contributed by atoms with van der Waals surface area (Å²) in [6.07, 6.45) is 0.538. The number of hydrogen-bond acceptors (Lipinski definition) is 4. The Morgan fingerprint density at radius 1 is 1.20 bits per heavy atom. The van der Waals surface area contributed by atoms with Gasteiger partial charge in [0.25, 0.3) is 0 Å². The van der Waals surface area contributed by atoms with Crippen molar-refractivity contribution in [1.82, 2.24) is 9.78 Å². The molecule has 0 saturated carbocycles. The van der Waals surface area contributed by atoms with Crippen molar-refractivity contribution >= 4 is 8.80 Å². The summed E-state index contributed by atoms with van der Waals surface area (Å²) in [5.74, 6) is 0. The molecule has 0 aliphatic rings. The molecule has 0 radical (unpaired) electrons. The van der Waals surface area contributed by atoms with Crippen molar-refractivity contribution in [1.29, 1.82) is 0 Å². The van der Waals surface area contributed by atoms with Crippen molar-refractivity contribution in [3.63, 3.8) is 0 Å². The number of rotatable bonds is 5. The lowest BCUT2D eigenvalue weighted by Crippen LogP contribution is -2.48. The van der Waals surface area contributed by atoms with E-state index in [-0.39, 0.29) is 0 Å². The first-order chi connectivity index (χ1) is 7.06. The Kier molecular flexibility index (Phi) is 4.03. The third kappa shape index (κ3) is 2.66. The molecule has 0 bridgehead atoms. The highest BCUT2D eigenvalue weighted by Gasteiger charge is 2.39. The molecular formula is C9H18N2O3Si. The van der Waals surface area contributed by atoms with Crippen LogP contribution in [0, 0.1) is 13.8 Å².